The minimum absolute atomic E-state index is 0.518. The molecule has 12 heteroatoms. The molecule has 4 unspecified atom stereocenters. The lowest BCUT2D eigenvalue weighted by molar-refractivity contribution is -0.398. The molecule has 21 heavy (non-hydrogen) atoms. The molecule has 1 aromatic rings. The number of rotatable bonds is 5. The number of aliphatic hydroxyl groups is 2. The van der Waals surface area contributed by atoms with Crippen LogP contribution in [0.25, 0.3) is 0 Å². The minimum atomic E-state index is -3.75. The molecule has 0 amide bonds. The van der Waals surface area contributed by atoms with Crippen LogP contribution < -0.4 is 0 Å². The van der Waals surface area contributed by atoms with Crippen LogP contribution in [-0.2, 0) is 19.0 Å². The van der Waals surface area contributed by atoms with Crippen LogP contribution >= 0.6 is 0 Å². The topological polar surface area (TPSA) is 154 Å². The van der Waals surface area contributed by atoms with Crippen molar-refractivity contribution in [3.05, 3.63) is 22.5 Å². The van der Waals surface area contributed by atoms with E-state index in [4.69, 9.17) is 4.74 Å². The quantitative estimate of drug-likeness (QED) is 0.370. The van der Waals surface area contributed by atoms with E-state index >= 15 is 0 Å². The fourth-order valence-corrected chi connectivity index (χ4v) is 2.31. The molecule has 0 spiro atoms. The van der Waals surface area contributed by atoms with Crippen molar-refractivity contribution in [2.75, 3.05) is 12.9 Å². The van der Waals surface area contributed by atoms with Crippen molar-refractivity contribution in [1.82, 2.24) is 9.55 Å². The fraction of sp³-hybridized carbons (Fsp3) is 0.667. The summed E-state index contributed by atoms with van der Waals surface area (Å²) < 4.78 is 32.5. The highest BCUT2D eigenvalue weighted by molar-refractivity contribution is 7.85. The first kappa shape index (κ1) is 15.8. The lowest BCUT2D eigenvalue weighted by atomic mass is 10.1. The molecule has 11 nitrogen and oxygen atoms in total. The van der Waals surface area contributed by atoms with Crippen LogP contribution in [0.4, 0.5) is 5.95 Å². The SMILES string of the molecule is CS(=O)(=O)OCC1OC(n2ccnc2[N+](=O)[O-])C(O)C1O. The van der Waals surface area contributed by atoms with Crippen LogP contribution in [-0.4, -0.2) is 64.3 Å². The van der Waals surface area contributed by atoms with Crippen molar-refractivity contribution in [2.24, 2.45) is 0 Å². The van der Waals surface area contributed by atoms with E-state index in [1.807, 2.05) is 0 Å². The van der Waals surface area contributed by atoms with Crippen molar-refractivity contribution in [2.45, 2.75) is 24.5 Å². The lowest BCUT2D eigenvalue weighted by Crippen LogP contribution is -2.34. The summed E-state index contributed by atoms with van der Waals surface area (Å²) >= 11 is 0. The maximum absolute atomic E-state index is 10.9. The third-order valence-electron chi connectivity index (χ3n) is 2.87. The van der Waals surface area contributed by atoms with Gasteiger partial charge in [0, 0.05) is 0 Å². The van der Waals surface area contributed by atoms with Gasteiger partial charge >= 0.3 is 5.95 Å². The molecule has 2 heterocycles. The van der Waals surface area contributed by atoms with Crippen LogP contribution in [0.3, 0.4) is 0 Å². The monoisotopic (exact) mass is 323 g/mol. The highest BCUT2D eigenvalue weighted by Crippen LogP contribution is 2.32. The molecule has 1 aliphatic heterocycles. The number of ether oxygens (including phenoxy) is 1. The molecule has 0 bridgehead atoms. The zero-order chi connectivity index (χ0) is 15.8. The van der Waals surface area contributed by atoms with E-state index in [-0.39, 0.29) is 0 Å². The Balaban J connectivity index is 2.16. The molecule has 118 valence electrons. The summed E-state index contributed by atoms with van der Waals surface area (Å²) in [5, 5.41) is 30.5. The first-order valence-corrected chi connectivity index (χ1v) is 7.55. The van der Waals surface area contributed by atoms with Gasteiger partial charge < -0.3 is 25.1 Å². The number of hydrogen-bond donors (Lipinski definition) is 2. The van der Waals surface area contributed by atoms with Gasteiger partial charge in [-0.3, -0.25) is 4.18 Å². The van der Waals surface area contributed by atoms with Gasteiger partial charge in [-0.1, -0.05) is 4.98 Å². The van der Waals surface area contributed by atoms with Gasteiger partial charge in [0.2, 0.25) is 6.23 Å². The molecule has 2 rings (SSSR count). The number of aromatic nitrogens is 2. The molecule has 0 aliphatic carbocycles. The van der Waals surface area contributed by atoms with Gasteiger partial charge in [-0.15, -0.1) is 0 Å². The highest BCUT2D eigenvalue weighted by Gasteiger charge is 2.47. The minimum Gasteiger partial charge on any atom is -0.390 e. The summed E-state index contributed by atoms with van der Waals surface area (Å²) in [5.41, 5.74) is 0. The molecule has 0 aromatic carbocycles. The Morgan fingerprint density at radius 3 is 2.76 bits per heavy atom. The number of aliphatic hydroxyl groups excluding tert-OH is 2. The van der Waals surface area contributed by atoms with Crippen molar-refractivity contribution in [3.63, 3.8) is 0 Å². The first-order valence-electron chi connectivity index (χ1n) is 5.74. The largest absolute Gasteiger partial charge is 0.436 e. The average molecular weight is 323 g/mol. The Kier molecular flexibility index (Phi) is 4.25. The number of nitrogens with zero attached hydrogens (tertiary/aromatic N) is 3. The number of hydrogen-bond acceptors (Lipinski definition) is 9. The third-order valence-corrected chi connectivity index (χ3v) is 3.43. The molecule has 2 N–H and O–H groups in total. The molecular weight excluding hydrogens is 310 g/mol. The molecule has 1 aliphatic rings. The Bertz CT molecular complexity index is 629. The van der Waals surface area contributed by atoms with Gasteiger partial charge in [0.25, 0.3) is 10.1 Å². The van der Waals surface area contributed by atoms with E-state index in [2.05, 4.69) is 9.17 Å². The molecule has 0 saturated carbocycles. The van der Waals surface area contributed by atoms with Crippen LogP contribution in [0.1, 0.15) is 6.23 Å². The zero-order valence-electron chi connectivity index (χ0n) is 10.8. The summed E-state index contributed by atoms with van der Waals surface area (Å²) in [4.78, 5) is 13.5. The Labute approximate surface area is 119 Å². The van der Waals surface area contributed by atoms with Crippen molar-refractivity contribution in [1.29, 1.82) is 0 Å². The van der Waals surface area contributed by atoms with Crippen LogP contribution in [0.15, 0.2) is 12.4 Å². The molecule has 1 fully saturated rings. The van der Waals surface area contributed by atoms with Crippen LogP contribution in [0.2, 0.25) is 0 Å². The van der Waals surface area contributed by atoms with E-state index in [0.717, 1.165) is 17.0 Å². The van der Waals surface area contributed by atoms with E-state index in [9.17, 15) is 28.7 Å². The maximum Gasteiger partial charge on any atom is 0.436 e. The van der Waals surface area contributed by atoms with Gasteiger partial charge in [0.15, 0.2) is 0 Å². The standard InChI is InChI=1S/C9H13N3O8S/c1-21(17,18)19-4-5-6(13)7(14)8(20-5)11-3-2-10-9(11)12(15)16/h2-3,5-8,13-14H,4H2,1H3. The predicted octanol–water partition coefficient (Wildman–Crippen LogP) is -1.61. The zero-order valence-corrected chi connectivity index (χ0v) is 11.6. The third kappa shape index (κ3) is 3.36. The van der Waals surface area contributed by atoms with Gasteiger partial charge in [-0.25, -0.2) is 0 Å². The van der Waals surface area contributed by atoms with Gasteiger partial charge in [-0.05, 0) is 4.92 Å². The normalized spacial score (nSPS) is 29.7. The fourth-order valence-electron chi connectivity index (χ4n) is 1.93. The Morgan fingerprint density at radius 1 is 1.52 bits per heavy atom. The van der Waals surface area contributed by atoms with E-state index in [1.54, 1.807) is 0 Å². The van der Waals surface area contributed by atoms with Crippen molar-refractivity contribution < 1.29 is 32.5 Å². The lowest BCUT2D eigenvalue weighted by Gasteiger charge is -2.13. The predicted molar refractivity (Wildman–Crippen MR) is 65.6 cm³/mol. The van der Waals surface area contributed by atoms with Crippen molar-refractivity contribution in [3.8, 4) is 0 Å². The average Bonchev–Trinajstić information content (AvgIpc) is 2.94. The summed E-state index contributed by atoms with van der Waals surface area (Å²) in [6, 6.07) is 0. The van der Waals surface area contributed by atoms with E-state index in [1.165, 1.54) is 6.20 Å². The molecule has 1 aromatic heterocycles. The second-order valence-corrected chi connectivity index (χ2v) is 6.07. The van der Waals surface area contributed by atoms with Gasteiger partial charge in [-0.2, -0.15) is 13.0 Å². The molecule has 0 radical (unpaired) electrons. The summed E-state index contributed by atoms with van der Waals surface area (Å²) in [7, 11) is -3.75. The number of nitro groups is 1. The molecular formula is C9H13N3O8S. The number of imidazole rings is 1. The Morgan fingerprint density at radius 2 is 2.19 bits per heavy atom. The van der Waals surface area contributed by atoms with Gasteiger partial charge in [0.1, 0.15) is 30.7 Å². The van der Waals surface area contributed by atoms with Crippen molar-refractivity contribution >= 4 is 16.1 Å². The summed E-state index contributed by atoms with van der Waals surface area (Å²) in [6.45, 7) is -0.518. The molecule has 1 saturated heterocycles. The van der Waals surface area contributed by atoms with E-state index < -0.39 is 52.1 Å². The summed E-state index contributed by atoms with van der Waals surface area (Å²) in [5.74, 6) is -0.573. The van der Waals surface area contributed by atoms with Gasteiger partial charge in [0.05, 0.1) is 12.9 Å². The molecule has 4 atom stereocenters. The summed E-state index contributed by atoms with van der Waals surface area (Å²) in [6.07, 6.45) is -2.20. The maximum atomic E-state index is 10.9. The van der Waals surface area contributed by atoms with Crippen LogP contribution in [0, 0.1) is 10.1 Å². The van der Waals surface area contributed by atoms with E-state index in [0.29, 0.717) is 0 Å². The Hall–Kier alpha value is -1.60. The smallest absolute Gasteiger partial charge is 0.390 e. The highest BCUT2D eigenvalue weighted by atomic mass is 32.2. The van der Waals surface area contributed by atoms with Crippen LogP contribution in [0.5, 0.6) is 0 Å². The second-order valence-electron chi connectivity index (χ2n) is 4.43. The second kappa shape index (κ2) is 5.65. The first-order chi connectivity index (χ1) is 9.70.